The van der Waals surface area contributed by atoms with E-state index in [1.165, 1.54) is 7.11 Å². The second-order valence-electron chi connectivity index (χ2n) is 2.76. The summed E-state index contributed by atoms with van der Waals surface area (Å²) in [6.07, 6.45) is 1.60. The van der Waals surface area contributed by atoms with E-state index in [0.29, 0.717) is 5.88 Å². The summed E-state index contributed by atoms with van der Waals surface area (Å²) in [5.41, 5.74) is 5.47. The van der Waals surface area contributed by atoms with Crippen LogP contribution in [0.25, 0.3) is 0 Å². The molecule has 0 saturated heterocycles. The van der Waals surface area contributed by atoms with Crippen molar-refractivity contribution in [2.24, 2.45) is 5.73 Å². The van der Waals surface area contributed by atoms with Gasteiger partial charge in [-0.3, -0.25) is 4.79 Å². The first kappa shape index (κ1) is 11.9. The van der Waals surface area contributed by atoms with Crippen LogP contribution < -0.4 is 10.5 Å². The molecule has 0 saturated carbocycles. The predicted molar refractivity (Wildman–Crippen MR) is 57.4 cm³/mol. The maximum absolute atomic E-state index is 10.9. The van der Waals surface area contributed by atoms with Crippen molar-refractivity contribution in [2.75, 3.05) is 13.7 Å². The predicted octanol–water partition coefficient (Wildman–Crippen LogP) is 0.723. The lowest BCUT2D eigenvalue weighted by Gasteiger charge is -2.10. The van der Waals surface area contributed by atoms with Gasteiger partial charge in [-0.2, -0.15) is 0 Å². The first-order valence-corrected chi connectivity index (χ1v) is 5.00. The quantitative estimate of drug-likeness (QED) is 0.820. The Hall–Kier alpha value is -1.14. The highest BCUT2D eigenvalue weighted by atomic mass is 79.9. The van der Waals surface area contributed by atoms with Crippen LogP contribution in [0.4, 0.5) is 0 Å². The molecule has 15 heavy (non-hydrogen) atoms. The Bertz CT molecular complexity index is 329. The Morgan fingerprint density at radius 3 is 2.93 bits per heavy atom. The number of hydrogen-bond donors (Lipinski definition) is 1. The van der Waals surface area contributed by atoms with E-state index in [1.54, 1.807) is 18.3 Å². The molecule has 1 heterocycles. The number of pyridine rings is 1. The lowest BCUT2D eigenvalue weighted by atomic mass is 10.3. The van der Waals surface area contributed by atoms with E-state index in [2.05, 4.69) is 25.7 Å². The van der Waals surface area contributed by atoms with Crippen molar-refractivity contribution in [1.82, 2.24) is 4.98 Å². The molecule has 2 N–H and O–H groups in total. The molecule has 1 aromatic rings. The van der Waals surface area contributed by atoms with E-state index in [9.17, 15) is 4.79 Å². The zero-order chi connectivity index (χ0) is 11.3. The number of carbonyl (C=O) groups excluding carboxylic acids is 1. The third-order valence-electron chi connectivity index (χ3n) is 1.61. The molecular formula is C9H11BrN2O3. The van der Waals surface area contributed by atoms with Gasteiger partial charge in [-0.05, 0) is 22.0 Å². The fourth-order valence-electron chi connectivity index (χ4n) is 0.842. The summed E-state index contributed by atoms with van der Waals surface area (Å²) in [4.78, 5) is 14.9. The van der Waals surface area contributed by atoms with E-state index in [4.69, 9.17) is 10.5 Å². The van der Waals surface area contributed by atoms with E-state index >= 15 is 0 Å². The van der Waals surface area contributed by atoms with Crippen molar-refractivity contribution in [3.8, 4) is 5.88 Å². The Labute approximate surface area is 95.7 Å². The second-order valence-corrected chi connectivity index (χ2v) is 3.67. The van der Waals surface area contributed by atoms with Crippen LogP contribution in [0, 0.1) is 0 Å². The summed E-state index contributed by atoms with van der Waals surface area (Å²) in [6.45, 7) is 0.0430. The minimum Gasteiger partial charge on any atom is -0.475 e. The van der Waals surface area contributed by atoms with Gasteiger partial charge in [-0.1, -0.05) is 0 Å². The fraction of sp³-hybridized carbons (Fsp3) is 0.333. The summed E-state index contributed by atoms with van der Waals surface area (Å²) < 4.78 is 10.5. The number of methoxy groups -OCH3 is 1. The second kappa shape index (κ2) is 5.67. The van der Waals surface area contributed by atoms with Gasteiger partial charge in [0, 0.05) is 16.7 Å². The maximum atomic E-state index is 10.9. The van der Waals surface area contributed by atoms with Gasteiger partial charge in [0.2, 0.25) is 5.88 Å². The largest absolute Gasteiger partial charge is 0.475 e. The molecule has 0 aliphatic rings. The number of esters is 1. The molecule has 82 valence electrons. The molecule has 0 radical (unpaired) electrons. The smallest absolute Gasteiger partial charge is 0.326 e. The molecule has 0 amide bonds. The van der Waals surface area contributed by atoms with Crippen LogP contribution in [0.2, 0.25) is 0 Å². The molecule has 0 aromatic carbocycles. The third kappa shape index (κ3) is 3.85. The first-order valence-electron chi connectivity index (χ1n) is 4.21. The van der Waals surface area contributed by atoms with Crippen LogP contribution in [-0.4, -0.2) is 30.7 Å². The summed E-state index contributed by atoms with van der Waals surface area (Å²) in [5, 5.41) is 0. The number of rotatable bonds is 4. The summed E-state index contributed by atoms with van der Waals surface area (Å²) in [6, 6.07) is 2.67. The molecule has 1 rings (SSSR count). The minimum absolute atomic E-state index is 0.0430. The number of carbonyl (C=O) groups is 1. The number of nitrogens with two attached hydrogens (primary N) is 1. The van der Waals surface area contributed by atoms with Gasteiger partial charge >= 0.3 is 5.97 Å². The van der Waals surface area contributed by atoms with Gasteiger partial charge in [0.05, 0.1) is 7.11 Å². The highest BCUT2D eigenvalue weighted by molar-refractivity contribution is 9.10. The Morgan fingerprint density at radius 1 is 1.67 bits per heavy atom. The molecule has 1 unspecified atom stereocenters. The highest BCUT2D eigenvalue weighted by Crippen LogP contribution is 2.12. The van der Waals surface area contributed by atoms with Crippen molar-refractivity contribution in [1.29, 1.82) is 0 Å². The normalized spacial score (nSPS) is 11.9. The number of ether oxygens (including phenoxy) is 2. The average Bonchev–Trinajstić information content (AvgIpc) is 2.26. The van der Waals surface area contributed by atoms with Crippen LogP contribution >= 0.6 is 15.9 Å². The molecule has 0 aliphatic heterocycles. The van der Waals surface area contributed by atoms with E-state index in [-0.39, 0.29) is 6.61 Å². The van der Waals surface area contributed by atoms with E-state index in [1.807, 2.05) is 0 Å². The Kier molecular flexibility index (Phi) is 4.51. The van der Waals surface area contributed by atoms with Crippen molar-refractivity contribution >= 4 is 21.9 Å². The fourth-order valence-corrected chi connectivity index (χ4v) is 1.08. The molecule has 1 atom stereocenters. The Morgan fingerprint density at radius 2 is 2.40 bits per heavy atom. The molecule has 6 heteroatoms. The maximum Gasteiger partial charge on any atom is 0.326 e. The highest BCUT2D eigenvalue weighted by Gasteiger charge is 2.14. The third-order valence-corrected chi connectivity index (χ3v) is 2.08. The summed E-state index contributed by atoms with van der Waals surface area (Å²) >= 11 is 3.24. The number of aromatic nitrogens is 1. The zero-order valence-electron chi connectivity index (χ0n) is 8.14. The van der Waals surface area contributed by atoms with Crippen LogP contribution in [0.5, 0.6) is 5.88 Å². The Balaban J connectivity index is 2.43. The molecular weight excluding hydrogens is 264 g/mol. The molecule has 5 nitrogen and oxygen atoms in total. The summed E-state index contributed by atoms with van der Waals surface area (Å²) in [7, 11) is 1.28. The van der Waals surface area contributed by atoms with Gasteiger partial charge in [0.25, 0.3) is 0 Å². The number of nitrogens with zero attached hydrogens (tertiary/aromatic N) is 1. The van der Waals surface area contributed by atoms with Crippen molar-refractivity contribution < 1.29 is 14.3 Å². The number of halogens is 1. The van der Waals surface area contributed by atoms with Crippen molar-refractivity contribution in [3.63, 3.8) is 0 Å². The summed E-state index contributed by atoms with van der Waals surface area (Å²) in [5.74, 6) is -0.0929. The zero-order valence-corrected chi connectivity index (χ0v) is 9.73. The van der Waals surface area contributed by atoms with Gasteiger partial charge in [-0.25, -0.2) is 4.98 Å². The lowest BCUT2D eigenvalue weighted by molar-refractivity contribution is -0.142. The van der Waals surface area contributed by atoms with Crippen LogP contribution in [0.3, 0.4) is 0 Å². The van der Waals surface area contributed by atoms with Crippen LogP contribution in [-0.2, 0) is 9.53 Å². The van der Waals surface area contributed by atoms with Crippen LogP contribution in [0.1, 0.15) is 0 Å². The molecule has 1 aromatic heterocycles. The SMILES string of the molecule is COC(=O)C(N)COc1ccc(Br)cn1. The van der Waals surface area contributed by atoms with Crippen molar-refractivity contribution in [3.05, 3.63) is 22.8 Å². The van der Waals surface area contributed by atoms with Gasteiger partial charge in [0.15, 0.2) is 0 Å². The van der Waals surface area contributed by atoms with E-state index in [0.717, 1.165) is 4.47 Å². The molecule has 0 aliphatic carbocycles. The average molecular weight is 275 g/mol. The molecule has 0 fully saturated rings. The first-order chi connectivity index (χ1) is 7.13. The van der Waals surface area contributed by atoms with Gasteiger partial charge < -0.3 is 15.2 Å². The van der Waals surface area contributed by atoms with Gasteiger partial charge in [0.1, 0.15) is 12.6 Å². The lowest BCUT2D eigenvalue weighted by Crippen LogP contribution is -2.37. The number of hydrogen-bond acceptors (Lipinski definition) is 5. The van der Waals surface area contributed by atoms with Crippen LogP contribution in [0.15, 0.2) is 22.8 Å². The standard InChI is InChI=1S/C9H11BrN2O3/c1-14-9(13)7(11)5-15-8-3-2-6(10)4-12-8/h2-4,7H,5,11H2,1H3. The monoisotopic (exact) mass is 274 g/mol. The van der Waals surface area contributed by atoms with Gasteiger partial charge in [-0.15, -0.1) is 0 Å². The van der Waals surface area contributed by atoms with E-state index < -0.39 is 12.0 Å². The topological polar surface area (TPSA) is 74.4 Å². The molecule has 0 bridgehead atoms. The molecule has 0 spiro atoms. The minimum atomic E-state index is -0.791. The van der Waals surface area contributed by atoms with Crippen molar-refractivity contribution in [2.45, 2.75) is 6.04 Å².